The van der Waals surface area contributed by atoms with E-state index in [4.69, 9.17) is 0 Å². The number of nitro groups is 1. The zero-order chi connectivity index (χ0) is 11.4. The Kier molecular flexibility index (Phi) is 3.38. The lowest BCUT2D eigenvalue weighted by Crippen LogP contribution is -2.24. The van der Waals surface area contributed by atoms with E-state index in [1.165, 1.54) is 17.0 Å². The van der Waals surface area contributed by atoms with Crippen molar-refractivity contribution >= 4 is 17.3 Å². The first-order valence-corrected chi connectivity index (χ1v) is 4.57. The average Bonchev–Trinajstić information content (AvgIpc) is 2.27. The summed E-state index contributed by atoms with van der Waals surface area (Å²) in [5, 5.41) is 10.4. The van der Waals surface area contributed by atoms with Gasteiger partial charge >= 0.3 is 0 Å². The minimum absolute atomic E-state index is 0.0242. The van der Waals surface area contributed by atoms with Gasteiger partial charge in [-0.2, -0.15) is 0 Å². The molecule has 0 bridgehead atoms. The molecule has 0 unspecified atom stereocenters. The lowest BCUT2D eigenvalue weighted by Gasteiger charge is -2.15. The molecule has 0 saturated heterocycles. The van der Waals surface area contributed by atoms with Gasteiger partial charge in [-0.3, -0.25) is 14.9 Å². The average molecular weight is 208 g/mol. The van der Waals surface area contributed by atoms with Gasteiger partial charge in [0.25, 0.3) is 5.69 Å². The lowest BCUT2D eigenvalue weighted by atomic mass is 10.2. The van der Waals surface area contributed by atoms with Gasteiger partial charge < -0.3 is 4.90 Å². The van der Waals surface area contributed by atoms with Crippen molar-refractivity contribution in [1.82, 2.24) is 0 Å². The van der Waals surface area contributed by atoms with Crippen LogP contribution in [0.2, 0.25) is 0 Å². The number of nitro benzene ring substituents is 1. The summed E-state index contributed by atoms with van der Waals surface area (Å²) in [5.74, 6) is -0.0242. The van der Waals surface area contributed by atoms with Gasteiger partial charge in [0.1, 0.15) is 0 Å². The molecule has 1 rings (SSSR count). The van der Waals surface area contributed by atoms with Gasteiger partial charge in [-0.15, -0.1) is 0 Å². The topological polar surface area (TPSA) is 63.5 Å². The zero-order valence-electron chi connectivity index (χ0n) is 8.64. The van der Waals surface area contributed by atoms with E-state index >= 15 is 0 Å². The van der Waals surface area contributed by atoms with Gasteiger partial charge in [0.2, 0.25) is 5.91 Å². The second kappa shape index (κ2) is 4.54. The van der Waals surface area contributed by atoms with E-state index in [1.54, 1.807) is 26.1 Å². The minimum Gasteiger partial charge on any atom is -0.316 e. The van der Waals surface area contributed by atoms with E-state index in [0.29, 0.717) is 12.1 Å². The van der Waals surface area contributed by atoms with Crippen molar-refractivity contribution in [2.75, 3.05) is 11.9 Å². The van der Waals surface area contributed by atoms with Crippen LogP contribution in [0, 0.1) is 10.1 Å². The minimum atomic E-state index is -0.467. The quantitative estimate of drug-likeness (QED) is 0.563. The normalized spacial score (nSPS) is 9.73. The Balaban J connectivity index is 2.89. The Labute approximate surface area is 87.5 Å². The Morgan fingerprint density at radius 2 is 1.93 bits per heavy atom. The number of rotatable bonds is 3. The summed E-state index contributed by atoms with van der Waals surface area (Å²) in [4.78, 5) is 22.7. The molecule has 15 heavy (non-hydrogen) atoms. The van der Waals surface area contributed by atoms with E-state index in [2.05, 4.69) is 0 Å². The molecule has 0 aromatic heterocycles. The third-order valence-electron chi connectivity index (χ3n) is 2.12. The number of benzene rings is 1. The van der Waals surface area contributed by atoms with E-state index in [-0.39, 0.29) is 11.6 Å². The van der Waals surface area contributed by atoms with Crippen LogP contribution in [0.5, 0.6) is 0 Å². The summed E-state index contributed by atoms with van der Waals surface area (Å²) in [7, 11) is 1.65. The molecule has 0 radical (unpaired) electrons. The molecule has 0 heterocycles. The van der Waals surface area contributed by atoms with Crippen LogP contribution in [0.3, 0.4) is 0 Å². The molecule has 0 saturated carbocycles. The van der Waals surface area contributed by atoms with Crippen molar-refractivity contribution in [3.63, 3.8) is 0 Å². The van der Waals surface area contributed by atoms with E-state index in [0.717, 1.165) is 0 Å². The molecule has 1 aromatic rings. The third kappa shape index (κ3) is 2.52. The molecule has 80 valence electrons. The predicted molar refractivity (Wildman–Crippen MR) is 56.8 cm³/mol. The first kappa shape index (κ1) is 11.2. The molecule has 0 aliphatic heterocycles. The van der Waals surface area contributed by atoms with Crippen LogP contribution in [0.4, 0.5) is 11.4 Å². The fraction of sp³-hybridized carbons (Fsp3) is 0.300. The number of nitrogens with zero attached hydrogens (tertiary/aromatic N) is 2. The van der Waals surface area contributed by atoms with Crippen molar-refractivity contribution < 1.29 is 9.72 Å². The number of non-ortho nitro benzene ring substituents is 1. The molecule has 1 amide bonds. The van der Waals surface area contributed by atoms with Gasteiger partial charge in [-0.1, -0.05) is 6.92 Å². The van der Waals surface area contributed by atoms with E-state index in [1.807, 2.05) is 0 Å². The Morgan fingerprint density at radius 1 is 1.40 bits per heavy atom. The highest BCUT2D eigenvalue weighted by molar-refractivity contribution is 5.92. The van der Waals surface area contributed by atoms with Crippen molar-refractivity contribution in [2.45, 2.75) is 13.3 Å². The molecule has 5 heteroatoms. The monoisotopic (exact) mass is 208 g/mol. The summed E-state index contributed by atoms with van der Waals surface area (Å²) < 4.78 is 0. The fourth-order valence-electron chi connectivity index (χ4n) is 1.18. The highest BCUT2D eigenvalue weighted by Crippen LogP contribution is 2.18. The summed E-state index contributed by atoms with van der Waals surface area (Å²) in [6, 6.07) is 5.89. The smallest absolute Gasteiger partial charge is 0.269 e. The van der Waals surface area contributed by atoms with Gasteiger partial charge in [0.05, 0.1) is 4.92 Å². The van der Waals surface area contributed by atoms with E-state index in [9.17, 15) is 14.9 Å². The Hall–Kier alpha value is -1.91. The number of hydrogen-bond donors (Lipinski definition) is 0. The molecule has 1 aromatic carbocycles. The summed E-state index contributed by atoms with van der Waals surface area (Å²) in [6.45, 7) is 1.77. The van der Waals surface area contributed by atoms with Crippen molar-refractivity contribution in [1.29, 1.82) is 0 Å². The second-order valence-electron chi connectivity index (χ2n) is 3.08. The summed E-state index contributed by atoms with van der Waals surface area (Å²) in [5.41, 5.74) is 0.684. The van der Waals surface area contributed by atoms with Crippen molar-refractivity contribution in [3.05, 3.63) is 34.4 Å². The number of anilines is 1. The standard InChI is InChI=1S/C10H12N2O3/c1-3-10(13)11(2)8-4-6-9(7-5-8)12(14)15/h4-7H,3H2,1-2H3. The molecular weight excluding hydrogens is 196 g/mol. The van der Waals surface area contributed by atoms with Gasteiger partial charge in [0.15, 0.2) is 0 Å². The highest BCUT2D eigenvalue weighted by atomic mass is 16.6. The first-order chi connectivity index (χ1) is 7.06. The third-order valence-corrected chi connectivity index (χ3v) is 2.12. The van der Waals surface area contributed by atoms with Crippen LogP contribution >= 0.6 is 0 Å². The van der Waals surface area contributed by atoms with E-state index < -0.39 is 4.92 Å². The van der Waals surface area contributed by atoms with Crippen molar-refractivity contribution in [3.8, 4) is 0 Å². The number of carbonyl (C=O) groups excluding carboxylic acids is 1. The van der Waals surface area contributed by atoms with Crippen LogP contribution in [0.25, 0.3) is 0 Å². The summed E-state index contributed by atoms with van der Waals surface area (Å²) in [6.07, 6.45) is 0.410. The molecule has 0 aliphatic carbocycles. The maximum absolute atomic E-state index is 11.3. The SMILES string of the molecule is CCC(=O)N(C)c1ccc([N+](=O)[O-])cc1. The zero-order valence-corrected chi connectivity index (χ0v) is 8.64. The maximum atomic E-state index is 11.3. The predicted octanol–water partition coefficient (Wildman–Crippen LogP) is 1.97. The molecule has 0 spiro atoms. The van der Waals surface area contributed by atoms with Crippen LogP contribution in [-0.2, 0) is 4.79 Å². The second-order valence-corrected chi connectivity index (χ2v) is 3.08. The highest BCUT2D eigenvalue weighted by Gasteiger charge is 2.10. The van der Waals surface area contributed by atoms with Gasteiger partial charge in [0, 0.05) is 31.3 Å². The molecule has 5 nitrogen and oxygen atoms in total. The van der Waals surface area contributed by atoms with Crippen molar-refractivity contribution in [2.24, 2.45) is 0 Å². The number of hydrogen-bond acceptors (Lipinski definition) is 3. The van der Waals surface area contributed by atoms with Gasteiger partial charge in [-0.25, -0.2) is 0 Å². The van der Waals surface area contributed by atoms with Crippen LogP contribution in [-0.4, -0.2) is 17.9 Å². The first-order valence-electron chi connectivity index (χ1n) is 4.57. The largest absolute Gasteiger partial charge is 0.316 e. The molecule has 0 aliphatic rings. The molecule has 0 atom stereocenters. The Bertz CT molecular complexity index is 373. The fourth-order valence-corrected chi connectivity index (χ4v) is 1.18. The maximum Gasteiger partial charge on any atom is 0.269 e. The Morgan fingerprint density at radius 3 is 2.33 bits per heavy atom. The van der Waals surface area contributed by atoms with Crippen LogP contribution < -0.4 is 4.90 Å². The molecule has 0 N–H and O–H groups in total. The lowest BCUT2D eigenvalue weighted by molar-refractivity contribution is -0.384. The van der Waals surface area contributed by atoms with Gasteiger partial charge in [-0.05, 0) is 12.1 Å². The molecule has 0 fully saturated rings. The number of amides is 1. The van der Waals surface area contributed by atoms with Crippen LogP contribution in [0.15, 0.2) is 24.3 Å². The van der Waals surface area contributed by atoms with Crippen LogP contribution in [0.1, 0.15) is 13.3 Å². The molecular formula is C10H12N2O3. The number of carbonyl (C=O) groups is 1. The summed E-state index contributed by atoms with van der Waals surface area (Å²) >= 11 is 0.